The first-order valence-corrected chi connectivity index (χ1v) is 4.86. The second kappa shape index (κ2) is 5.24. The number of nitrogens with one attached hydrogen (secondary N) is 1. The van der Waals surface area contributed by atoms with Crippen molar-refractivity contribution in [2.45, 2.75) is 20.8 Å². The van der Waals surface area contributed by atoms with Gasteiger partial charge < -0.3 is 0 Å². The van der Waals surface area contributed by atoms with Gasteiger partial charge in [-0.2, -0.15) is 5.10 Å². The number of pyridine rings is 1. The highest BCUT2D eigenvalue weighted by atomic mass is 16.2. The summed E-state index contributed by atoms with van der Waals surface area (Å²) < 4.78 is 0. The van der Waals surface area contributed by atoms with Crippen LogP contribution in [0.15, 0.2) is 29.6 Å². The number of hydrogen-bond acceptors (Lipinski definition) is 3. The van der Waals surface area contributed by atoms with E-state index in [-0.39, 0.29) is 5.91 Å². The molecular weight excluding hydrogens is 190 g/mol. The van der Waals surface area contributed by atoms with E-state index in [9.17, 15) is 4.79 Å². The molecule has 0 atom stereocenters. The highest BCUT2D eigenvalue weighted by Gasteiger charge is 2.04. The highest BCUT2D eigenvalue weighted by molar-refractivity contribution is 5.95. The van der Waals surface area contributed by atoms with Crippen LogP contribution in [0.4, 0.5) is 0 Å². The van der Waals surface area contributed by atoms with E-state index in [1.807, 2.05) is 20.8 Å². The van der Waals surface area contributed by atoms with Gasteiger partial charge in [-0.3, -0.25) is 9.78 Å². The number of nitrogens with zero attached hydrogens (tertiary/aromatic N) is 2. The zero-order chi connectivity index (χ0) is 11.3. The molecule has 0 saturated heterocycles. The number of carbonyl (C=O) groups excluding carboxylic acids is 1. The lowest BCUT2D eigenvalue weighted by atomic mass is 10.1. The van der Waals surface area contributed by atoms with Crippen molar-refractivity contribution < 1.29 is 4.79 Å². The molecule has 1 aromatic heterocycles. The highest BCUT2D eigenvalue weighted by Crippen LogP contribution is 1.97. The predicted molar refractivity (Wildman–Crippen MR) is 59.7 cm³/mol. The van der Waals surface area contributed by atoms with Gasteiger partial charge >= 0.3 is 0 Å². The molecule has 1 amide bonds. The van der Waals surface area contributed by atoms with Gasteiger partial charge in [0.15, 0.2) is 0 Å². The average molecular weight is 205 g/mol. The fourth-order valence-corrected chi connectivity index (χ4v) is 0.830. The zero-order valence-corrected chi connectivity index (χ0v) is 9.19. The summed E-state index contributed by atoms with van der Waals surface area (Å²) in [5.74, 6) is 0.0994. The van der Waals surface area contributed by atoms with Crippen LogP contribution in [-0.2, 0) is 0 Å². The molecule has 1 N–H and O–H groups in total. The molecule has 0 unspecified atom stereocenters. The molecule has 0 aromatic carbocycles. The summed E-state index contributed by atoms with van der Waals surface area (Å²) in [6, 6.07) is 3.41. The minimum atomic E-state index is -0.233. The van der Waals surface area contributed by atoms with Gasteiger partial charge in [0, 0.05) is 18.1 Å². The molecule has 4 nitrogen and oxygen atoms in total. The van der Waals surface area contributed by atoms with Crippen molar-refractivity contribution in [3.63, 3.8) is 0 Å². The molecule has 0 spiro atoms. The van der Waals surface area contributed by atoms with E-state index in [2.05, 4.69) is 15.5 Å². The van der Waals surface area contributed by atoms with Crippen LogP contribution in [0.1, 0.15) is 31.1 Å². The Balaban J connectivity index is 2.62. The van der Waals surface area contributed by atoms with Crippen LogP contribution in [0.25, 0.3) is 0 Å². The molecule has 1 heterocycles. The maximum atomic E-state index is 11.5. The summed E-state index contributed by atoms with van der Waals surface area (Å²) in [5.41, 5.74) is 3.90. The molecule has 0 bridgehead atoms. The Morgan fingerprint density at radius 1 is 1.53 bits per heavy atom. The molecule has 0 aliphatic rings. The van der Waals surface area contributed by atoms with Crippen LogP contribution in [0.5, 0.6) is 0 Å². The van der Waals surface area contributed by atoms with E-state index in [1.54, 1.807) is 18.3 Å². The topological polar surface area (TPSA) is 54.4 Å². The fourth-order valence-electron chi connectivity index (χ4n) is 0.830. The number of amides is 1. The summed E-state index contributed by atoms with van der Waals surface area (Å²) >= 11 is 0. The van der Waals surface area contributed by atoms with E-state index >= 15 is 0 Å². The Bertz CT molecular complexity index is 357. The number of hydrogen-bond donors (Lipinski definition) is 1. The first-order chi connectivity index (χ1) is 7.11. The standard InChI is InChI=1S/C11H15N3O/c1-8(2)9(3)13-14-11(15)10-5-4-6-12-7-10/h4-8H,1-3H3,(H,14,15). The number of aromatic nitrogens is 1. The third kappa shape index (κ3) is 3.50. The average Bonchev–Trinajstić information content (AvgIpc) is 2.26. The van der Waals surface area contributed by atoms with E-state index < -0.39 is 0 Å². The minimum Gasteiger partial charge on any atom is -0.267 e. The van der Waals surface area contributed by atoms with Crippen LogP contribution < -0.4 is 5.43 Å². The van der Waals surface area contributed by atoms with Gasteiger partial charge in [0.25, 0.3) is 5.91 Å². The lowest BCUT2D eigenvalue weighted by Crippen LogP contribution is -2.20. The van der Waals surface area contributed by atoms with Gasteiger partial charge in [-0.25, -0.2) is 5.43 Å². The maximum Gasteiger partial charge on any atom is 0.272 e. The molecule has 0 aliphatic carbocycles. The second-order valence-electron chi connectivity index (χ2n) is 3.59. The first kappa shape index (κ1) is 11.4. The van der Waals surface area contributed by atoms with Crippen molar-refractivity contribution in [2.24, 2.45) is 11.0 Å². The molecule has 0 aliphatic heterocycles. The van der Waals surface area contributed by atoms with Crippen molar-refractivity contribution in [2.75, 3.05) is 0 Å². The van der Waals surface area contributed by atoms with Gasteiger partial charge in [-0.15, -0.1) is 0 Å². The zero-order valence-electron chi connectivity index (χ0n) is 9.19. The lowest BCUT2D eigenvalue weighted by molar-refractivity contribution is 0.0954. The van der Waals surface area contributed by atoms with Crippen molar-refractivity contribution >= 4 is 11.6 Å². The normalized spacial score (nSPS) is 11.6. The Morgan fingerprint density at radius 3 is 2.80 bits per heavy atom. The van der Waals surface area contributed by atoms with Gasteiger partial charge in [0.2, 0.25) is 0 Å². The molecule has 0 saturated carbocycles. The molecule has 4 heteroatoms. The summed E-state index contributed by atoms with van der Waals surface area (Å²) in [6.45, 7) is 5.93. The molecule has 0 fully saturated rings. The largest absolute Gasteiger partial charge is 0.272 e. The lowest BCUT2D eigenvalue weighted by Gasteiger charge is -2.04. The van der Waals surface area contributed by atoms with Gasteiger partial charge in [0.1, 0.15) is 0 Å². The number of hydrazone groups is 1. The van der Waals surface area contributed by atoms with Crippen LogP contribution in [0, 0.1) is 5.92 Å². The molecule has 1 rings (SSSR count). The van der Waals surface area contributed by atoms with E-state index in [0.717, 1.165) is 5.71 Å². The quantitative estimate of drug-likeness (QED) is 0.604. The smallest absolute Gasteiger partial charge is 0.267 e. The molecule has 1 aromatic rings. The van der Waals surface area contributed by atoms with Gasteiger partial charge in [0.05, 0.1) is 5.56 Å². The first-order valence-electron chi connectivity index (χ1n) is 4.86. The Labute approximate surface area is 89.4 Å². The Morgan fingerprint density at radius 2 is 2.27 bits per heavy atom. The van der Waals surface area contributed by atoms with Crippen molar-refractivity contribution in [3.8, 4) is 0 Å². The third-order valence-corrected chi connectivity index (χ3v) is 2.09. The monoisotopic (exact) mass is 205 g/mol. The van der Waals surface area contributed by atoms with E-state index in [4.69, 9.17) is 0 Å². The van der Waals surface area contributed by atoms with Gasteiger partial charge in [-0.1, -0.05) is 13.8 Å². The van der Waals surface area contributed by atoms with Crippen LogP contribution in [-0.4, -0.2) is 16.6 Å². The maximum absolute atomic E-state index is 11.5. The van der Waals surface area contributed by atoms with Crippen molar-refractivity contribution in [1.82, 2.24) is 10.4 Å². The summed E-state index contributed by atoms with van der Waals surface area (Å²) in [5, 5.41) is 3.99. The molecule has 15 heavy (non-hydrogen) atoms. The second-order valence-corrected chi connectivity index (χ2v) is 3.59. The summed E-state index contributed by atoms with van der Waals surface area (Å²) in [6.07, 6.45) is 3.13. The van der Waals surface area contributed by atoms with E-state index in [1.165, 1.54) is 6.20 Å². The fraction of sp³-hybridized carbons (Fsp3) is 0.364. The Hall–Kier alpha value is -1.71. The minimum absolute atomic E-state index is 0.233. The Kier molecular flexibility index (Phi) is 3.97. The SMILES string of the molecule is CC(=NNC(=O)c1cccnc1)C(C)C. The van der Waals surface area contributed by atoms with Crippen LogP contribution >= 0.6 is 0 Å². The molecule has 80 valence electrons. The number of carbonyl (C=O) groups is 1. The number of rotatable bonds is 3. The van der Waals surface area contributed by atoms with Crippen LogP contribution in [0.2, 0.25) is 0 Å². The summed E-state index contributed by atoms with van der Waals surface area (Å²) in [7, 11) is 0. The molecule has 0 radical (unpaired) electrons. The van der Waals surface area contributed by atoms with Crippen molar-refractivity contribution in [1.29, 1.82) is 0 Å². The predicted octanol–water partition coefficient (Wildman–Crippen LogP) is 1.84. The summed E-state index contributed by atoms with van der Waals surface area (Å²) in [4.78, 5) is 15.4. The third-order valence-electron chi connectivity index (χ3n) is 2.09. The van der Waals surface area contributed by atoms with E-state index in [0.29, 0.717) is 11.5 Å². The molecular formula is C11H15N3O. The van der Waals surface area contributed by atoms with Crippen LogP contribution in [0.3, 0.4) is 0 Å². The van der Waals surface area contributed by atoms with Gasteiger partial charge in [-0.05, 0) is 25.0 Å². The van der Waals surface area contributed by atoms with Crippen molar-refractivity contribution in [3.05, 3.63) is 30.1 Å².